The summed E-state index contributed by atoms with van der Waals surface area (Å²) >= 11 is 0. The van der Waals surface area contributed by atoms with Crippen molar-refractivity contribution >= 4 is 17.7 Å². The van der Waals surface area contributed by atoms with Crippen molar-refractivity contribution in [1.29, 1.82) is 0 Å². The molecule has 1 aliphatic heterocycles. The molecule has 1 heterocycles. The van der Waals surface area contributed by atoms with Crippen LogP contribution >= 0.6 is 0 Å². The van der Waals surface area contributed by atoms with Crippen molar-refractivity contribution < 1.29 is 19.8 Å². The predicted octanol–water partition coefficient (Wildman–Crippen LogP) is 1.68. The van der Waals surface area contributed by atoms with Crippen LogP contribution in [0.15, 0.2) is 18.2 Å². The number of aliphatic hydroxyl groups is 1. The summed E-state index contributed by atoms with van der Waals surface area (Å²) in [7, 11) is 0. The number of aliphatic hydroxyl groups excluding tert-OH is 1. The number of carbonyl (C=O) groups excluding carboxylic acids is 1. The molecule has 1 atom stereocenters. The molecule has 2 rings (SSSR count). The van der Waals surface area contributed by atoms with Crippen molar-refractivity contribution in [2.24, 2.45) is 0 Å². The molecule has 108 valence electrons. The molecule has 0 radical (unpaired) electrons. The van der Waals surface area contributed by atoms with Crippen LogP contribution in [-0.2, 0) is 0 Å². The second-order valence-electron chi connectivity index (χ2n) is 4.90. The molecule has 1 unspecified atom stereocenters. The highest BCUT2D eigenvalue weighted by atomic mass is 16.4. The molecule has 0 saturated carbocycles. The highest BCUT2D eigenvalue weighted by molar-refractivity contribution is 6.01. The van der Waals surface area contributed by atoms with Crippen LogP contribution in [0.5, 0.6) is 0 Å². The van der Waals surface area contributed by atoms with Crippen molar-refractivity contribution in [3.8, 4) is 0 Å². The Morgan fingerprint density at radius 1 is 1.45 bits per heavy atom. The standard InChI is InChI=1S/C14H18N2O4/c1-9-4-2-6-11(13(18)19)12(9)15-14(20)16-7-3-5-10(16)8-17/h2,4,6,10,17H,3,5,7-8H2,1H3,(H,15,20)(H,18,19). The molecule has 0 aromatic heterocycles. The summed E-state index contributed by atoms with van der Waals surface area (Å²) in [5, 5.41) is 21.1. The molecule has 0 aliphatic carbocycles. The van der Waals surface area contributed by atoms with E-state index in [0.29, 0.717) is 17.8 Å². The van der Waals surface area contributed by atoms with Crippen molar-refractivity contribution in [2.45, 2.75) is 25.8 Å². The lowest BCUT2D eigenvalue weighted by Gasteiger charge is -2.24. The van der Waals surface area contributed by atoms with Gasteiger partial charge in [-0.3, -0.25) is 0 Å². The van der Waals surface area contributed by atoms with E-state index in [9.17, 15) is 14.7 Å². The van der Waals surface area contributed by atoms with Crippen molar-refractivity contribution in [3.05, 3.63) is 29.3 Å². The summed E-state index contributed by atoms with van der Waals surface area (Å²) in [6, 6.07) is 4.29. The third-order valence-electron chi connectivity index (χ3n) is 3.58. The highest BCUT2D eigenvalue weighted by Crippen LogP contribution is 2.23. The number of urea groups is 1. The van der Waals surface area contributed by atoms with E-state index in [-0.39, 0.29) is 24.2 Å². The number of carbonyl (C=O) groups is 2. The van der Waals surface area contributed by atoms with Gasteiger partial charge in [0, 0.05) is 6.54 Å². The number of hydrogen-bond acceptors (Lipinski definition) is 3. The number of carboxylic acids is 1. The summed E-state index contributed by atoms with van der Waals surface area (Å²) < 4.78 is 0. The SMILES string of the molecule is Cc1cccc(C(=O)O)c1NC(=O)N1CCCC1CO. The normalized spacial score (nSPS) is 18.1. The number of benzene rings is 1. The zero-order valence-corrected chi connectivity index (χ0v) is 11.3. The third-order valence-corrected chi connectivity index (χ3v) is 3.58. The Balaban J connectivity index is 2.21. The van der Waals surface area contributed by atoms with Crippen LogP contribution < -0.4 is 5.32 Å². The first-order chi connectivity index (χ1) is 9.54. The smallest absolute Gasteiger partial charge is 0.337 e. The Bertz CT molecular complexity index is 530. The number of likely N-dealkylation sites (tertiary alicyclic amines) is 1. The van der Waals surface area contributed by atoms with Gasteiger partial charge in [0.05, 0.1) is 23.9 Å². The molecule has 20 heavy (non-hydrogen) atoms. The maximum Gasteiger partial charge on any atom is 0.337 e. The van der Waals surface area contributed by atoms with Crippen LogP contribution in [0.2, 0.25) is 0 Å². The van der Waals surface area contributed by atoms with E-state index in [2.05, 4.69) is 5.32 Å². The molecule has 1 aromatic rings. The second-order valence-corrected chi connectivity index (χ2v) is 4.90. The van der Waals surface area contributed by atoms with Gasteiger partial charge in [0.2, 0.25) is 0 Å². The predicted molar refractivity (Wildman–Crippen MR) is 74.0 cm³/mol. The van der Waals surface area contributed by atoms with Crippen molar-refractivity contribution in [1.82, 2.24) is 4.90 Å². The molecule has 1 fully saturated rings. The Labute approximate surface area is 117 Å². The average molecular weight is 278 g/mol. The lowest BCUT2D eigenvalue weighted by molar-refractivity contribution is 0.0698. The maximum absolute atomic E-state index is 12.2. The van der Waals surface area contributed by atoms with Gasteiger partial charge in [0.25, 0.3) is 0 Å². The number of nitrogens with one attached hydrogen (secondary N) is 1. The number of hydrogen-bond donors (Lipinski definition) is 3. The van der Waals surface area contributed by atoms with Gasteiger partial charge in [-0.1, -0.05) is 12.1 Å². The van der Waals surface area contributed by atoms with E-state index >= 15 is 0 Å². The summed E-state index contributed by atoms with van der Waals surface area (Å²) in [5.74, 6) is -1.08. The molecule has 3 N–H and O–H groups in total. The van der Waals surface area contributed by atoms with Crippen LogP contribution in [0.25, 0.3) is 0 Å². The van der Waals surface area contributed by atoms with Crippen LogP contribution in [0, 0.1) is 6.92 Å². The van der Waals surface area contributed by atoms with E-state index in [1.54, 1.807) is 24.0 Å². The average Bonchev–Trinajstić information content (AvgIpc) is 2.89. The number of rotatable bonds is 3. The Hall–Kier alpha value is -2.08. The molecule has 1 aliphatic rings. The van der Waals surface area contributed by atoms with Crippen LogP contribution in [0.1, 0.15) is 28.8 Å². The quantitative estimate of drug-likeness (QED) is 0.784. The summed E-state index contributed by atoms with van der Waals surface area (Å²) in [6.45, 7) is 2.24. The number of aryl methyl sites for hydroxylation is 1. The van der Waals surface area contributed by atoms with Gasteiger partial charge in [0.15, 0.2) is 0 Å². The van der Waals surface area contributed by atoms with Crippen molar-refractivity contribution in [2.75, 3.05) is 18.5 Å². The van der Waals surface area contributed by atoms with E-state index < -0.39 is 5.97 Å². The molecule has 0 bridgehead atoms. The first-order valence-corrected chi connectivity index (χ1v) is 6.56. The van der Waals surface area contributed by atoms with Gasteiger partial charge in [0.1, 0.15) is 0 Å². The minimum atomic E-state index is -1.08. The minimum Gasteiger partial charge on any atom is -0.478 e. The molecule has 1 saturated heterocycles. The Morgan fingerprint density at radius 3 is 2.85 bits per heavy atom. The summed E-state index contributed by atoms with van der Waals surface area (Å²) in [5.41, 5.74) is 1.07. The fourth-order valence-electron chi connectivity index (χ4n) is 2.48. The van der Waals surface area contributed by atoms with E-state index in [1.165, 1.54) is 6.07 Å². The van der Waals surface area contributed by atoms with E-state index in [4.69, 9.17) is 5.11 Å². The zero-order valence-electron chi connectivity index (χ0n) is 11.3. The monoisotopic (exact) mass is 278 g/mol. The fourth-order valence-corrected chi connectivity index (χ4v) is 2.48. The van der Waals surface area contributed by atoms with Gasteiger partial charge in [-0.25, -0.2) is 9.59 Å². The van der Waals surface area contributed by atoms with Gasteiger partial charge in [-0.15, -0.1) is 0 Å². The van der Waals surface area contributed by atoms with Gasteiger partial charge >= 0.3 is 12.0 Å². The topological polar surface area (TPSA) is 89.9 Å². The van der Waals surface area contributed by atoms with E-state index in [1.807, 2.05) is 0 Å². The van der Waals surface area contributed by atoms with Gasteiger partial charge in [-0.2, -0.15) is 0 Å². The number of aromatic carboxylic acids is 1. The zero-order chi connectivity index (χ0) is 14.7. The number of amides is 2. The lowest BCUT2D eigenvalue weighted by atomic mass is 10.1. The first-order valence-electron chi connectivity index (χ1n) is 6.56. The number of anilines is 1. The summed E-state index contributed by atoms with van der Waals surface area (Å²) in [4.78, 5) is 25.0. The number of carboxylic acid groups (broad SMARTS) is 1. The Kier molecular flexibility index (Phi) is 4.24. The minimum absolute atomic E-state index is 0.0677. The largest absolute Gasteiger partial charge is 0.478 e. The third kappa shape index (κ3) is 2.75. The molecular formula is C14H18N2O4. The maximum atomic E-state index is 12.2. The van der Waals surface area contributed by atoms with Crippen LogP contribution in [-0.4, -0.2) is 46.3 Å². The molecule has 6 nitrogen and oxygen atoms in total. The lowest BCUT2D eigenvalue weighted by Crippen LogP contribution is -2.40. The van der Waals surface area contributed by atoms with Gasteiger partial charge < -0.3 is 20.4 Å². The van der Waals surface area contributed by atoms with Crippen LogP contribution in [0.4, 0.5) is 10.5 Å². The van der Waals surface area contributed by atoms with Crippen LogP contribution in [0.3, 0.4) is 0 Å². The molecule has 6 heteroatoms. The molecule has 1 aromatic carbocycles. The molecule has 0 spiro atoms. The summed E-state index contributed by atoms with van der Waals surface area (Å²) in [6.07, 6.45) is 1.61. The second kappa shape index (κ2) is 5.92. The Morgan fingerprint density at radius 2 is 2.20 bits per heavy atom. The van der Waals surface area contributed by atoms with E-state index in [0.717, 1.165) is 12.8 Å². The highest BCUT2D eigenvalue weighted by Gasteiger charge is 2.29. The van der Waals surface area contributed by atoms with Gasteiger partial charge in [-0.05, 0) is 31.4 Å². The number of para-hydroxylation sites is 1. The fraction of sp³-hybridized carbons (Fsp3) is 0.429. The molecular weight excluding hydrogens is 260 g/mol. The van der Waals surface area contributed by atoms with Crippen molar-refractivity contribution in [3.63, 3.8) is 0 Å². The first kappa shape index (κ1) is 14.3. The molecule has 2 amide bonds. The number of nitrogens with zero attached hydrogens (tertiary/aromatic N) is 1.